The molecule has 19 heavy (non-hydrogen) atoms. The molecule has 1 unspecified atom stereocenters. The number of carbonyl (C=O) groups excluding carboxylic acids is 1. The van der Waals surface area contributed by atoms with Crippen molar-refractivity contribution < 1.29 is 14.3 Å². The van der Waals surface area contributed by atoms with Crippen LogP contribution in [0.15, 0.2) is 18.2 Å². The first-order chi connectivity index (χ1) is 9.22. The number of nitrogen functional groups attached to an aromatic ring is 1. The Morgan fingerprint density at radius 2 is 2.42 bits per heavy atom. The number of carbonyl (C=O) groups is 1. The molecule has 1 heterocycles. The van der Waals surface area contributed by atoms with Gasteiger partial charge in [-0.3, -0.25) is 4.79 Å². The summed E-state index contributed by atoms with van der Waals surface area (Å²) in [7, 11) is 1.53. The lowest BCUT2D eigenvalue weighted by Crippen LogP contribution is -2.27. The van der Waals surface area contributed by atoms with Gasteiger partial charge >= 0.3 is 0 Å². The quantitative estimate of drug-likeness (QED) is 0.789. The van der Waals surface area contributed by atoms with Gasteiger partial charge in [-0.25, -0.2) is 0 Å². The first kappa shape index (κ1) is 13.7. The fourth-order valence-electron chi connectivity index (χ4n) is 2.25. The highest BCUT2D eigenvalue weighted by atomic mass is 16.5. The molecule has 1 aliphatic heterocycles. The average Bonchev–Trinajstić information content (AvgIpc) is 2.91. The van der Waals surface area contributed by atoms with E-state index in [0.29, 0.717) is 29.5 Å². The Morgan fingerprint density at radius 3 is 3.11 bits per heavy atom. The Balaban J connectivity index is 1.92. The van der Waals surface area contributed by atoms with Crippen LogP contribution in [0.4, 0.5) is 5.69 Å². The van der Waals surface area contributed by atoms with E-state index in [9.17, 15) is 4.79 Å². The van der Waals surface area contributed by atoms with Gasteiger partial charge in [0.1, 0.15) is 11.3 Å². The zero-order valence-electron chi connectivity index (χ0n) is 11.1. The Labute approximate surface area is 113 Å². The highest BCUT2D eigenvalue weighted by molar-refractivity contribution is 6.01. The van der Waals surface area contributed by atoms with Gasteiger partial charge in [0.15, 0.2) is 0 Å². The number of ether oxygens (including phenoxy) is 2. The molecule has 1 saturated heterocycles. The van der Waals surface area contributed by atoms with Crippen LogP contribution in [0.1, 0.15) is 23.2 Å². The van der Waals surface area contributed by atoms with Gasteiger partial charge in [-0.15, -0.1) is 0 Å². The minimum atomic E-state index is -0.186. The van der Waals surface area contributed by atoms with Gasteiger partial charge in [-0.05, 0) is 30.9 Å². The van der Waals surface area contributed by atoms with Gasteiger partial charge < -0.3 is 20.5 Å². The largest absolute Gasteiger partial charge is 0.496 e. The molecule has 0 bridgehead atoms. The van der Waals surface area contributed by atoms with Crippen molar-refractivity contribution in [3.8, 4) is 5.75 Å². The summed E-state index contributed by atoms with van der Waals surface area (Å²) in [5.41, 5.74) is 6.67. The van der Waals surface area contributed by atoms with Crippen molar-refractivity contribution >= 4 is 11.6 Å². The molecular weight excluding hydrogens is 244 g/mol. The van der Waals surface area contributed by atoms with Crippen LogP contribution in [0.25, 0.3) is 0 Å². The fourth-order valence-corrected chi connectivity index (χ4v) is 2.25. The number of anilines is 1. The molecular formula is C14H20N2O3. The van der Waals surface area contributed by atoms with Crippen molar-refractivity contribution in [3.05, 3.63) is 23.8 Å². The van der Waals surface area contributed by atoms with Gasteiger partial charge in [0.2, 0.25) is 0 Å². The number of hydrogen-bond donors (Lipinski definition) is 2. The van der Waals surface area contributed by atoms with Gasteiger partial charge in [-0.2, -0.15) is 0 Å². The molecule has 104 valence electrons. The summed E-state index contributed by atoms with van der Waals surface area (Å²) < 4.78 is 10.5. The van der Waals surface area contributed by atoms with Crippen molar-refractivity contribution in [2.45, 2.75) is 12.8 Å². The minimum absolute atomic E-state index is 0.186. The van der Waals surface area contributed by atoms with E-state index in [0.717, 1.165) is 26.1 Å². The van der Waals surface area contributed by atoms with Crippen LogP contribution in [0, 0.1) is 5.92 Å². The van der Waals surface area contributed by atoms with E-state index in [-0.39, 0.29) is 5.91 Å². The summed E-state index contributed by atoms with van der Waals surface area (Å²) in [6.45, 7) is 2.26. The molecule has 5 nitrogen and oxygen atoms in total. The molecule has 0 aromatic heterocycles. The lowest BCUT2D eigenvalue weighted by Gasteiger charge is -2.12. The van der Waals surface area contributed by atoms with Crippen LogP contribution in [-0.4, -0.2) is 32.8 Å². The Bertz CT molecular complexity index is 442. The van der Waals surface area contributed by atoms with Crippen molar-refractivity contribution in [1.82, 2.24) is 5.32 Å². The second-order valence-corrected chi connectivity index (χ2v) is 4.70. The maximum Gasteiger partial charge on any atom is 0.257 e. The molecule has 0 aliphatic carbocycles. The number of nitrogens with one attached hydrogen (secondary N) is 1. The maximum atomic E-state index is 12.1. The molecule has 1 aromatic rings. The molecule has 1 aromatic carbocycles. The highest BCUT2D eigenvalue weighted by Gasteiger charge is 2.18. The summed E-state index contributed by atoms with van der Waals surface area (Å²) in [4.78, 5) is 12.1. The second-order valence-electron chi connectivity index (χ2n) is 4.70. The molecule has 1 fully saturated rings. The van der Waals surface area contributed by atoms with Crippen molar-refractivity contribution in [3.63, 3.8) is 0 Å². The number of benzene rings is 1. The molecule has 1 amide bonds. The highest BCUT2D eigenvalue weighted by Crippen LogP contribution is 2.24. The maximum absolute atomic E-state index is 12.1. The summed E-state index contributed by atoms with van der Waals surface area (Å²) in [6.07, 6.45) is 2.01. The number of hydrogen-bond acceptors (Lipinski definition) is 4. The van der Waals surface area contributed by atoms with E-state index in [1.54, 1.807) is 18.2 Å². The summed E-state index contributed by atoms with van der Waals surface area (Å²) in [6, 6.07) is 5.19. The molecule has 1 aliphatic rings. The normalized spacial score (nSPS) is 18.3. The van der Waals surface area contributed by atoms with Crippen LogP contribution in [0.5, 0.6) is 5.75 Å². The second kappa shape index (κ2) is 6.43. The molecule has 1 atom stereocenters. The van der Waals surface area contributed by atoms with E-state index in [1.165, 1.54) is 7.11 Å². The number of nitrogens with two attached hydrogens (primary N) is 1. The Kier molecular flexibility index (Phi) is 4.63. The molecule has 5 heteroatoms. The third kappa shape index (κ3) is 3.38. The van der Waals surface area contributed by atoms with Crippen LogP contribution in [-0.2, 0) is 4.74 Å². The lowest BCUT2D eigenvalue weighted by molar-refractivity contribution is 0.0948. The number of rotatable bonds is 5. The van der Waals surface area contributed by atoms with Gasteiger partial charge in [0.05, 0.1) is 7.11 Å². The van der Waals surface area contributed by atoms with E-state index < -0.39 is 0 Å². The van der Waals surface area contributed by atoms with Crippen LogP contribution in [0.3, 0.4) is 0 Å². The Hall–Kier alpha value is -1.75. The van der Waals surface area contributed by atoms with Gasteiger partial charge in [-0.1, -0.05) is 6.07 Å². The average molecular weight is 264 g/mol. The SMILES string of the molecule is COc1cccc(N)c1C(=O)NCCC1CCOC1. The van der Waals surface area contributed by atoms with E-state index >= 15 is 0 Å². The summed E-state index contributed by atoms with van der Waals surface area (Å²) >= 11 is 0. The predicted molar refractivity (Wildman–Crippen MR) is 73.3 cm³/mol. The number of methoxy groups -OCH3 is 1. The van der Waals surface area contributed by atoms with E-state index in [1.807, 2.05) is 0 Å². The smallest absolute Gasteiger partial charge is 0.257 e. The topological polar surface area (TPSA) is 73.6 Å². The van der Waals surface area contributed by atoms with Crippen LogP contribution >= 0.6 is 0 Å². The van der Waals surface area contributed by atoms with Crippen molar-refractivity contribution in [2.75, 3.05) is 32.6 Å². The van der Waals surface area contributed by atoms with Gasteiger partial charge in [0.25, 0.3) is 5.91 Å². The fraction of sp³-hybridized carbons (Fsp3) is 0.500. The van der Waals surface area contributed by atoms with Crippen LogP contribution < -0.4 is 15.8 Å². The van der Waals surface area contributed by atoms with Gasteiger partial charge in [0, 0.05) is 25.4 Å². The molecule has 3 N–H and O–H groups in total. The molecule has 0 spiro atoms. The predicted octanol–water partition coefficient (Wildman–Crippen LogP) is 1.43. The minimum Gasteiger partial charge on any atom is -0.496 e. The zero-order valence-corrected chi connectivity index (χ0v) is 11.1. The molecule has 0 radical (unpaired) electrons. The molecule has 0 saturated carbocycles. The third-order valence-electron chi connectivity index (χ3n) is 3.37. The standard InChI is InChI=1S/C14H20N2O3/c1-18-12-4-2-3-11(15)13(12)14(17)16-7-5-10-6-8-19-9-10/h2-4,10H,5-9,15H2,1H3,(H,16,17). The zero-order chi connectivity index (χ0) is 13.7. The Morgan fingerprint density at radius 1 is 1.58 bits per heavy atom. The molecule has 2 rings (SSSR count). The first-order valence-electron chi connectivity index (χ1n) is 6.50. The monoisotopic (exact) mass is 264 g/mol. The number of amides is 1. The van der Waals surface area contributed by atoms with Crippen molar-refractivity contribution in [2.24, 2.45) is 5.92 Å². The third-order valence-corrected chi connectivity index (χ3v) is 3.37. The van der Waals surface area contributed by atoms with Crippen LogP contribution in [0.2, 0.25) is 0 Å². The lowest BCUT2D eigenvalue weighted by atomic mass is 10.1. The summed E-state index contributed by atoms with van der Waals surface area (Å²) in [5.74, 6) is 0.867. The first-order valence-corrected chi connectivity index (χ1v) is 6.50. The van der Waals surface area contributed by atoms with Crippen molar-refractivity contribution in [1.29, 1.82) is 0 Å². The van der Waals surface area contributed by atoms with E-state index in [2.05, 4.69) is 5.32 Å². The van der Waals surface area contributed by atoms with E-state index in [4.69, 9.17) is 15.2 Å². The summed E-state index contributed by atoms with van der Waals surface area (Å²) in [5, 5.41) is 2.89.